The van der Waals surface area contributed by atoms with Gasteiger partial charge in [0.05, 0.1) is 24.6 Å². The predicted molar refractivity (Wildman–Crippen MR) is 88.2 cm³/mol. The SMILES string of the molecule is CC(C)(C)c1nc2c(c(C(C)(C)C)n1)CC1COCCN1C2. The van der Waals surface area contributed by atoms with E-state index in [2.05, 4.69) is 46.4 Å². The molecule has 0 spiro atoms. The smallest absolute Gasteiger partial charge is 0.134 e. The molecule has 1 unspecified atom stereocenters. The number of ether oxygens (including phenoxy) is 1. The molecular formula is C18H29N3O. The number of nitrogens with zero attached hydrogens (tertiary/aromatic N) is 3. The van der Waals surface area contributed by atoms with Crippen LogP contribution >= 0.6 is 0 Å². The van der Waals surface area contributed by atoms with Crippen molar-refractivity contribution in [1.82, 2.24) is 14.9 Å². The van der Waals surface area contributed by atoms with Crippen LogP contribution in [0.3, 0.4) is 0 Å². The largest absolute Gasteiger partial charge is 0.378 e. The molecule has 0 saturated carbocycles. The number of aromatic nitrogens is 2. The van der Waals surface area contributed by atoms with Crippen LogP contribution in [-0.2, 0) is 28.5 Å². The highest BCUT2D eigenvalue weighted by Gasteiger charge is 2.35. The first-order valence-corrected chi connectivity index (χ1v) is 8.39. The lowest BCUT2D eigenvalue weighted by molar-refractivity contribution is -0.0176. The second kappa shape index (κ2) is 5.27. The maximum Gasteiger partial charge on any atom is 0.134 e. The fraction of sp³-hybridized carbons (Fsp3) is 0.778. The summed E-state index contributed by atoms with van der Waals surface area (Å²) in [6.07, 6.45) is 1.02. The lowest BCUT2D eigenvalue weighted by atomic mass is 9.83. The summed E-state index contributed by atoms with van der Waals surface area (Å²) in [4.78, 5) is 12.5. The second-order valence-electron chi connectivity index (χ2n) is 8.72. The molecule has 3 rings (SSSR count). The first-order valence-electron chi connectivity index (χ1n) is 8.39. The van der Waals surface area contributed by atoms with Gasteiger partial charge in [0, 0.05) is 30.0 Å². The third-order valence-corrected chi connectivity index (χ3v) is 4.62. The van der Waals surface area contributed by atoms with Crippen LogP contribution in [0.1, 0.15) is 64.3 Å². The third kappa shape index (κ3) is 2.91. The minimum atomic E-state index is -0.0170. The van der Waals surface area contributed by atoms with Gasteiger partial charge >= 0.3 is 0 Å². The van der Waals surface area contributed by atoms with Gasteiger partial charge in [0.15, 0.2) is 0 Å². The standard InChI is InChI=1S/C18H29N3O/c1-17(2,3)15-13-9-12-11-22-8-7-21(12)10-14(13)19-16(20-15)18(4,5)6/h12H,7-11H2,1-6H3. The van der Waals surface area contributed by atoms with Crippen molar-refractivity contribution >= 4 is 0 Å². The number of hydrogen-bond acceptors (Lipinski definition) is 4. The van der Waals surface area contributed by atoms with Gasteiger partial charge in [0.2, 0.25) is 0 Å². The number of morpholine rings is 1. The van der Waals surface area contributed by atoms with Gasteiger partial charge in [-0.25, -0.2) is 9.97 Å². The molecule has 1 aromatic heterocycles. The molecule has 1 atom stereocenters. The molecule has 2 aliphatic heterocycles. The average Bonchev–Trinajstić information content (AvgIpc) is 2.41. The normalized spacial score (nSPS) is 23.1. The van der Waals surface area contributed by atoms with E-state index < -0.39 is 0 Å². The first kappa shape index (κ1) is 15.9. The topological polar surface area (TPSA) is 38.3 Å². The molecule has 0 aromatic carbocycles. The zero-order chi connectivity index (χ0) is 16.1. The molecule has 0 bridgehead atoms. The van der Waals surface area contributed by atoms with E-state index in [1.807, 2.05) is 0 Å². The van der Waals surface area contributed by atoms with Crippen molar-refractivity contribution in [2.45, 2.75) is 71.4 Å². The summed E-state index contributed by atoms with van der Waals surface area (Å²) in [5.41, 5.74) is 3.87. The van der Waals surface area contributed by atoms with Crippen molar-refractivity contribution in [3.05, 3.63) is 22.8 Å². The Morgan fingerprint density at radius 2 is 1.77 bits per heavy atom. The molecule has 4 nitrogen and oxygen atoms in total. The average molecular weight is 303 g/mol. The molecule has 0 N–H and O–H groups in total. The Bertz CT molecular complexity index is 569. The van der Waals surface area contributed by atoms with Crippen LogP contribution in [0.5, 0.6) is 0 Å². The van der Waals surface area contributed by atoms with Gasteiger partial charge in [-0.1, -0.05) is 41.5 Å². The number of fused-ring (bicyclic) bond motifs is 2. The molecule has 22 heavy (non-hydrogen) atoms. The van der Waals surface area contributed by atoms with Gasteiger partial charge in [0.1, 0.15) is 5.82 Å². The molecule has 1 fully saturated rings. The van der Waals surface area contributed by atoms with E-state index in [1.165, 1.54) is 17.0 Å². The van der Waals surface area contributed by atoms with Crippen LogP contribution in [0.4, 0.5) is 0 Å². The molecule has 1 saturated heterocycles. The molecule has 0 radical (unpaired) electrons. The first-order chi connectivity index (χ1) is 10.2. The summed E-state index contributed by atoms with van der Waals surface area (Å²) in [5.74, 6) is 0.975. The van der Waals surface area contributed by atoms with Gasteiger partial charge in [-0.3, -0.25) is 4.90 Å². The quantitative estimate of drug-likeness (QED) is 0.739. The maximum absolute atomic E-state index is 5.67. The predicted octanol–water partition coefficient (Wildman–Crippen LogP) is 2.83. The molecule has 122 valence electrons. The van der Waals surface area contributed by atoms with E-state index >= 15 is 0 Å². The van der Waals surface area contributed by atoms with E-state index in [0.29, 0.717) is 6.04 Å². The summed E-state index contributed by atoms with van der Waals surface area (Å²) >= 11 is 0. The highest BCUT2D eigenvalue weighted by atomic mass is 16.5. The van der Waals surface area contributed by atoms with Crippen molar-refractivity contribution in [2.24, 2.45) is 0 Å². The van der Waals surface area contributed by atoms with Crippen LogP contribution in [0.2, 0.25) is 0 Å². The van der Waals surface area contributed by atoms with E-state index in [1.54, 1.807) is 0 Å². The van der Waals surface area contributed by atoms with Crippen LogP contribution in [0.15, 0.2) is 0 Å². The lowest BCUT2D eigenvalue weighted by Gasteiger charge is -2.41. The fourth-order valence-electron chi connectivity index (χ4n) is 3.34. The van der Waals surface area contributed by atoms with Gasteiger partial charge in [0.25, 0.3) is 0 Å². The monoisotopic (exact) mass is 303 g/mol. The minimum absolute atomic E-state index is 0.0170. The zero-order valence-corrected chi connectivity index (χ0v) is 14.9. The van der Waals surface area contributed by atoms with Crippen molar-refractivity contribution in [2.75, 3.05) is 19.8 Å². The Kier molecular flexibility index (Phi) is 3.81. The fourth-order valence-corrected chi connectivity index (χ4v) is 3.34. The summed E-state index contributed by atoms with van der Waals surface area (Å²) in [5, 5.41) is 0. The van der Waals surface area contributed by atoms with E-state index in [0.717, 1.165) is 38.5 Å². The Labute approximate surface area is 134 Å². The molecule has 0 aliphatic carbocycles. The summed E-state index contributed by atoms with van der Waals surface area (Å²) in [7, 11) is 0. The van der Waals surface area contributed by atoms with E-state index in [-0.39, 0.29) is 10.8 Å². The maximum atomic E-state index is 5.67. The summed E-state index contributed by atoms with van der Waals surface area (Å²) < 4.78 is 5.67. The molecule has 3 heterocycles. The van der Waals surface area contributed by atoms with Crippen molar-refractivity contribution in [1.29, 1.82) is 0 Å². The molecule has 1 aromatic rings. The highest BCUT2D eigenvalue weighted by molar-refractivity contribution is 5.35. The Balaban J connectivity index is 2.10. The molecule has 0 amide bonds. The second-order valence-corrected chi connectivity index (χ2v) is 8.72. The third-order valence-electron chi connectivity index (χ3n) is 4.62. The van der Waals surface area contributed by atoms with Crippen molar-refractivity contribution in [3.63, 3.8) is 0 Å². The molecule has 4 heteroatoms. The van der Waals surface area contributed by atoms with Gasteiger partial charge in [-0.15, -0.1) is 0 Å². The van der Waals surface area contributed by atoms with Crippen molar-refractivity contribution in [3.8, 4) is 0 Å². The number of rotatable bonds is 0. The Morgan fingerprint density at radius 3 is 2.41 bits per heavy atom. The zero-order valence-electron chi connectivity index (χ0n) is 14.9. The van der Waals surface area contributed by atoms with E-state index in [9.17, 15) is 0 Å². The summed E-state index contributed by atoms with van der Waals surface area (Å²) in [6, 6.07) is 0.492. The van der Waals surface area contributed by atoms with Crippen LogP contribution in [0, 0.1) is 0 Å². The van der Waals surface area contributed by atoms with Crippen LogP contribution < -0.4 is 0 Å². The van der Waals surface area contributed by atoms with Crippen LogP contribution in [-0.4, -0.2) is 40.7 Å². The number of hydrogen-bond donors (Lipinski definition) is 0. The van der Waals surface area contributed by atoms with E-state index in [4.69, 9.17) is 14.7 Å². The Hall–Kier alpha value is -1.00. The van der Waals surface area contributed by atoms with Crippen molar-refractivity contribution < 1.29 is 4.74 Å². The molecule has 2 aliphatic rings. The van der Waals surface area contributed by atoms with Gasteiger partial charge in [-0.05, 0) is 12.0 Å². The van der Waals surface area contributed by atoms with Crippen LogP contribution in [0.25, 0.3) is 0 Å². The van der Waals surface area contributed by atoms with Gasteiger partial charge < -0.3 is 4.74 Å². The summed E-state index contributed by atoms with van der Waals surface area (Å²) in [6.45, 7) is 17.0. The molecular weight excluding hydrogens is 274 g/mol. The minimum Gasteiger partial charge on any atom is -0.378 e. The lowest BCUT2D eigenvalue weighted by Crippen LogP contribution is -2.49. The van der Waals surface area contributed by atoms with Gasteiger partial charge in [-0.2, -0.15) is 0 Å². The highest BCUT2D eigenvalue weighted by Crippen LogP contribution is 2.34. The Morgan fingerprint density at radius 1 is 1.05 bits per heavy atom.